The molecule has 0 aromatic carbocycles. The molecule has 6 nitrogen and oxygen atoms in total. The standard InChI is InChI=1S/C14H26N2O4Si/c1-18-21(3,19-2)13-7-8-15-14(17)20-12-11-16-9-5-4-6-10-16/h4-6,9H,7-8,10-13H2,1-3H3,(H,15,17). The fourth-order valence-electron chi connectivity index (χ4n) is 1.87. The van der Waals surface area contributed by atoms with Crippen molar-refractivity contribution >= 4 is 14.7 Å². The van der Waals surface area contributed by atoms with Crippen molar-refractivity contribution < 1.29 is 18.4 Å². The molecule has 0 aromatic rings. The summed E-state index contributed by atoms with van der Waals surface area (Å²) in [5.74, 6) is 0. The molecule has 0 bridgehead atoms. The van der Waals surface area contributed by atoms with E-state index in [9.17, 15) is 4.79 Å². The smallest absolute Gasteiger partial charge is 0.407 e. The van der Waals surface area contributed by atoms with Gasteiger partial charge in [-0.2, -0.15) is 0 Å². The summed E-state index contributed by atoms with van der Waals surface area (Å²) in [4.78, 5) is 13.6. The second-order valence-electron chi connectivity index (χ2n) is 4.97. The fourth-order valence-corrected chi connectivity index (χ4v) is 3.26. The topological polar surface area (TPSA) is 60.0 Å². The van der Waals surface area contributed by atoms with E-state index in [-0.39, 0.29) is 6.09 Å². The minimum Gasteiger partial charge on any atom is -0.448 e. The van der Waals surface area contributed by atoms with Crippen LogP contribution in [0.4, 0.5) is 4.79 Å². The van der Waals surface area contributed by atoms with Crippen molar-refractivity contribution in [3.8, 4) is 0 Å². The average molecular weight is 314 g/mol. The monoisotopic (exact) mass is 314 g/mol. The van der Waals surface area contributed by atoms with Crippen LogP contribution in [0.25, 0.3) is 0 Å². The molecular formula is C14H26N2O4Si. The zero-order chi connectivity index (χ0) is 15.6. The lowest BCUT2D eigenvalue weighted by Gasteiger charge is -2.22. The maximum Gasteiger partial charge on any atom is 0.407 e. The Bertz CT molecular complexity index is 370. The summed E-state index contributed by atoms with van der Waals surface area (Å²) < 4.78 is 15.9. The van der Waals surface area contributed by atoms with Crippen molar-refractivity contribution in [1.29, 1.82) is 0 Å². The number of nitrogens with zero attached hydrogens (tertiary/aromatic N) is 1. The summed E-state index contributed by atoms with van der Waals surface area (Å²) in [6.07, 6.45) is 8.47. The number of allylic oxidation sites excluding steroid dienone is 2. The molecule has 0 saturated carbocycles. The maximum absolute atomic E-state index is 11.5. The Labute approximate surface area is 128 Å². The Morgan fingerprint density at radius 2 is 2.10 bits per heavy atom. The van der Waals surface area contributed by atoms with E-state index in [0.29, 0.717) is 19.7 Å². The van der Waals surface area contributed by atoms with Crippen molar-refractivity contribution in [2.45, 2.75) is 19.0 Å². The van der Waals surface area contributed by atoms with Crippen molar-refractivity contribution in [3.63, 3.8) is 0 Å². The average Bonchev–Trinajstić information content (AvgIpc) is 2.52. The second-order valence-corrected chi connectivity index (χ2v) is 8.56. The van der Waals surface area contributed by atoms with Gasteiger partial charge in [0, 0.05) is 27.3 Å². The third-order valence-corrected chi connectivity index (χ3v) is 6.43. The first kappa shape index (κ1) is 17.7. The molecule has 0 atom stereocenters. The van der Waals surface area contributed by atoms with E-state index in [4.69, 9.17) is 13.6 Å². The zero-order valence-electron chi connectivity index (χ0n) is 13.1. The van der Waals surface area contributed by atoms with Crippen LogP contribution < -0.4 is 5.32 Å². The number of alkyl carbamates (subject to hydrolysis) is 1. The summed E-state index contributed by atoms with van der Waals surface area (Å²) in [6, 6.07) is 0.838. The van der Waals surface area contributed by atoms with E-state index in [0.717, 1.165) is 19.0 Å². The molecular weight excluding hydrogens is 288 g/mol. The molecule has 0 spiro atoms. The van der Waals surface area contributed by atoms with Gasteiger partial charge in [-0.15, -0.1) is 0 Å². The number of hydrogen-bond acceptors (Lipinski definition) is 5. The molecule has 7 heteroatoms. The molecule has 0 radical (unpaired) electrons. The predicted molar refractivity (Wildman–Crippen MR) is 84.3 cm³/mol. The molecule has 1 aliphatic rings. The summed E-state index contributed by atoms with van der Waals surface area (Å²) in [7, 11) is 1.31. The van der Waals surface area contributed by atoms with Crippen LogP contribution in [-0.2, 0) is 13.6 Å². The number of rotatable bonds is 9. The largest absolute Gasteiger partial charge is 0.448 e. The molecule has 1 heterocycles. The second kappa shape index (κ2) is 9.59. The highest BCUT2D eigenvalue weighted by Gasteiger charge is 2.27. The van der Waals surface area contributed by atoms with Crippen molar-refractivity contribution in [1.82, 2.24) is 10.2 Å². The molecule has 0 fully saturated rings. The van der Waals surface area contributed by atoms with Crippen LogP contribution in [0.2, 0.25) is 12.6 Å². The van der Waals surface area contributed by atoms with E-state index in [2.05, 4.69) is 16.3 Å². The summed E-state index contributed by atoms with van der Waals surface area (Å²) in [5.41, 5.74) is 0. The molecule has 1 aliphatic heterocycles. The van der Waals surface area contributed by atoms with Gasteiger partial charge in [-0.3, -0.25) is 0 Å². The van der Waals surface area contributed by atoms with Gasteiger partial charge in [0.2, 0.25) is 0 Å². The zero-order valence-corrected chi connectivity index (χ0v) is 14.1. The van der Waals surface area contributed by atoms with Crippen LogP contribution in [0.3, 0.4) is 0 Å². The van der Waals surface area contributed by atoms with Gasteiger partial charge in [-0.1, -0.05) is 12.2 Å². The predicted octanol–water partition coefficient (Wildman–Crippen LogP) is 1.85. The number of carbonyl (C=O) groups is 1. The van der Waals surface area contributed by atoms with E-state index in [1.165, 1.54) is 0 Å². The van der Waals surface area contributed by atoms with Crippen molar-refractivity contribution in [3.05, 3.63) is 24.4 Å². The van der Waals surface area contributed by atoms with Gasteiger partial charge in [0.1, 0.15) is 6.61 Å². The fraction of sp³-hybridized carbons (Fsp3) is 0.643. The Balaban J connectivity index is 2.03. The van der Waals surface area contributed by atoms with Gasteiger partial charge in [-0.05, 0) is 31.3 Å². The number of ether oxygens (including phenoxy) is 1. The molecule has 0 aromatic heterocycles. The van der Waals surface area contributed by atoms with Gasteiger partial charge in [0.05, 0.1) is 6.54 Å². The summed E-state index contributed by atoms with van der Waals surface area (Å²) in [6.45, 7) is 4.52. The number of amides is 1. The lowest BCUT2D eigenvalue weighted by atomic mass is 10.3. The first-order valence-corrected chi connectivity index (χ1v) is 9.70. The third-order valence-electron chi connectivity index (χ3n) is 3.44. The van der Waals surface area contributed by atoms with Crippen LogP contribution in [-0.4, -0.2) is 60.0 Å². The highest BCUT2D eigenvalue weighted by molar-refractivity contribution is 6.65. The van der Waals surface area contributed by atoms with Gasteiger partial charge in [0.25, 0.3) is 0 Å². The number of nitrogens with one attached hydrogen (secondary N) is 1. The molecule has 1 N–H and O–H groups in total. The minimum atomic E-state index is -2.03. The number of carbonyl (C=O) groups excluding carboxylic acids is 1. The Morgan fingerprint density at radius 1 is 1.33 bits per heavy atom. The summed E-state index contributed by atoms with van der Waals surface area (Å²) >= 11 is 0. The van der Waals surface area contributed by atoms with Crippen LogP contribution in [0.1, 0.15) is 6.42 Å². The van der Waals surface area contributed by atoms with Gasteiger partial charge < -0.3 is 23.8 Å². The molecule has 1 amide bonds. The Hall–Kier alpha value is -1.31. The van der Waals surface area contributed by atoms with E-state index in [1.807, 2.05) is 24.9 Å². The highest BCUT2D eigenvalue weighted by atomic mass is 28.4. The summed E-state index contributed by atoms with van der Waals surface area (Å²) in [5, 5.41) is 2.74. The maximum atomic E-state index is 11.5. The van der Waals surface area contributed by atoms with Gasteiger partial charge in [-0.25, -0.2) is 4.79 Å². The molecule has 21 heavy (non-hydrogen) atoms. The van der Waals surface area contributed by atoms with Gasteiger partial charge >= 0.3 is 14.7 Å². The minimum absolute atomic E-state index is 0.371. The molecule has 0 unspecified atom stereocenters. The van der Waals surface area contributed by atoms with E-state index >= 15 is 0 Å². The lowest BCUT2D eigenvalue weighted by molar-refractivity contribution is 0.137. The highest BCUT2D eigenvalue weighted by Crippen LogP contribution is 2.12. The van der Waals surface area contributed by atoms with Crippen LogP contribution in [0, 0.1) is 0 Å². The first-order chi connectivity index (χ1) is 10.1. The molecule has 1 rings (SSSR count). The lowest BCUT2D eigenvalue weighted by Crippen LogP contribution is -2.37. The molecule has 0 saturated heterocycles. The van der Waals surface area contributed by atoms with E-state index < -0.39 is 8.56 Å². The van der Waals surface area contributed by atoms with Crippen LogP contribution in [0.5, 0.6) is 0 Å². The van der Waals surface area contributed by atoms with Crippen molar-refractivity contribution in [2.24, 2.45) is 0 Å². The normalized spacial score (nSPS) is 14.3. The van der Waals surface area contributed by atoms with Crippen LogP contribution >= 0.6 is 0 Å². The number of hydrogen-bond donors (Lipinski definition) is 1. The quantitative estimate of drug-likeness (QED) is 0.520. The van der Waals surface area contributed by atoms with Crippen LogP contribution in [0.15, 0.2) is 24.4 Å². The van der Waals surface area contributed by atoms with Gasteiger partial charge in [0.15, 0.2) is 0 Å². The third kappa shape index (κ3) is 7.31. The first-order valence-electron chi connectivity index (χ1n) is 7.18. The Kier molecular flexibility index (Phi) is 8.10. The molecule has 0 aliphatic carbocycles. The van der Waals surface area contributed by atoms with E-state index in [1.54, 1.807) is 14.2 Å². The SMILES string of the molecule is CO[Si](C)(CCCNC(=O)OCCN1C=CC=CC1)OC. The Morgan fingerprint density at radius 3 is 2.71 bits per heavy atom. The van der Waals surface area contributed by atoms with Crippen molar-refractivity contribution in [2.75, 3.05) is 40.5 Å². The molecule has 120 valence electrons.